The number of hydrogen-bond acceptors (Lipinski definition) is 1. The first-order valence-corrected chi connectivity index (χ1v) is 6.15. The molecule has 0 amide bonds. The molecule has 0 aliphatic carbocycles. The zero-order valence-corrected chi connectivity index (χ0v) is 11.3. The van der Waals surface area contributed by atoms with E-state index in [1.807, 2.05) is 26.0 Å². The molecule has 0 unspecified atom stereocenters. The normalized spacial score (nSPS) is 11.4. The molecule has 1 rings (SSSR count). The van der Waals surface area contributed by atoms with Crippen molar-refractivity contribution in [3.8, 4) is 0 Å². The molecule has 0 spiro atoms. The SMILES string of the molecule is CC(C)(CCc1ccc(Br)cc1)CC(=O)O. The number of benzene rings is 1. The van der Waals surface area contributed by atoms with E-state index in [4.69, 9.17) is 5.11 Å². The van der Waals surface area contributed by atoms with E-state index in [1.165, 1.54) is 5.56 Å². The Kier molecular flexibility index (Phi) is 4.54. The van der Waals surface area contributed by atoms with Gasteiger partial charge in [0.05, 0.1) is 6.42 Å². The number of carboxylic acids is 1. The van der Waals surface area contributed by atoms with Crippen molar-refractivity contribution in [2.75, 3.05) is 0 Å². The summed E-state index contributed by atoms with van der Waals surface area (Å²) < 4.78 is 1.07. The Hall–Kier alpha value is -0.830. The van der Waals surface area contributed by atoms with Crippen LogP contribution in [0.4, 0.5) is 0 Å². The maximum atomic E-state index is 10.7. The van der Waals surface area contributed by atoms with Gasteiger partial charge in [-0.1, -0.05) is 41.9 Å². The summed E-state index contributed by atoms with van der Waals surface area (Å²) in [6, 6.07) is 8.17. The molecule has 0 radical (unpaired) electrons. The zero-order chi connectivity index (χ0) is 12.2. The number of hydrogen-bond donors (Lipinski definition) is 1. The van der Waals surface area contributed by atoms with Crippen LogP contribution in [0.2, 0.25) is 0 Å². The van der Waals surface area contributed by atoms with Gasteiger partial charge in [0.15, 0.2) is 0 Å². The van der Waals surface area contributed by atoms with E-state index in [1.54, 1.807) is 0 Å². The van der Waals surface area contributed by atoms with Crippen molar-refractivity contribution < 1.29 is 9.90 Å². The molecule has 0 atom stereocenters. The smallest absolute Gasteiger partial charge is 0.303 e. The molecule has 0 aliphatic heterocycles. The fraction of sp³-hybridized carbons (Fsp3) is 0.462. The second-order valence-electron chi connectivity index (χ2n) is 4.86. The summed E-state index contributed by atoms with van der Waals surface area (Å²) in [6.45, 7) is 4.00. The Balaban J connectivity index is 2.50. The van der Waals surface area contributed by atoms with Gasteiger partial charge in [-0.3, -0.25) is 4.79 Å². The molecule has 1 N–H and O–H groups in total. The summed E-state index contributed by atoms with van der Waals surface area (Å²) in [4.78, 5) is 10.7. The summed E-state index contributed by atoms with van der Waals surface area (Å²) in [5, 5.41) is 8.78. The molecule has 0 heterocycles. The minimum atomic E-state index is -0.721. The van der Waals surface area contributed by atoms with Gasteiger partial charge >= 0.3 is 5.97 Å². The van der Waals surface area contributed by atoms with Gasteiger partial charge in [0.1, 0.15) is 0 Å². The monoisotopic (exact) mass is 284 g/mol. The highest BCUT2D eigenvalue weighted by atomic mass is 79.9. The summed E-state index contributed by atoms with van der Waals surface area (Å²) in [5.41, 5.74) is 1.11. The lowest BCUT2D eigenvalue weighted by molar-refractivity contribution is -0.139. The van der Waals surface area contributed by atoms with E-state index < -0.39 is 5.97 Å². The fourth-order valence-electron chi connectivity index (χ4n) is 1.63. The van der Waals surface area contributed by atoms with Gasteiger partial charge in [-0.15, -0.1) is 0 Å². The van der Waals surface area contributed by atoms with Crippen LogP contribution in [-0.4, -0.2) is 11.1 Å². The average Bonchev–Trinajstić information content (AvgIpc) is 2.15. The van der Waals surface area contributed by atoms with E-state index in [-0.39, 0.29) is 11.8 Å². The third-order valence-electron chi connectivity index (χ3n) is 2.63. The summed E-state index contributed by atoms with van der Waals surface area (Å²) in [5.74, 6) is -0.721. The molecule has 1 aromatic rings. The minimum absolute atomic E-state index is 0.140. The van der Waals surface area contributed by atoms with Gasteiger partial charge in [-0.05, 0) is 36.0 Å². The van der Waals surface area contributed by atoms with Crippen LogP contribution < -0.4 is 0 Å². The minimum Gasteiger partial charge on any atom is -0.481 e. The predicted octanol–water partition coefficient (Wildman–Crippen LogP) is 3.88. The lowest BCUT2D eigenvalue weighted by Gasteiger charge is -2.22. The fourth-order valence-corrected chi connectivity index (χ4v) is 1.90. The summed E-state index contributed by atoms with van der Waals surface area (Å²) >= 11 is 3.39. The first-order valence-electron chi connectivity index (χ1n) is 5.35. The quantitative estimate of drug-likeness (QED) is 0.891. The predicted molar refractivity (Wildman–Crippen MR) is 68.5 cm³/mol. The highest BCUT2D eigenvalue weighted by Gasteiger charge is 2.21. The van der Waals surface area contributed by atoms with Crippen LogP contribution in [0.15, 0.2) is 28.7 Å². The molecule has 88 valence electrons. The number of aryl methyl sites for hydroxylation is 1. The van der Waals surface area contributed by atoms with Gasteiger partial charge < -0.3 is 5.11 Å². The van der Waals surface area contributed by atoms with Crippen molar-refractivity contribution in [1.82, 2.24) is 0 Å². The Labute approximate surface area is 105 Å². The highest BCUT2D eigenvalue weighted by Crippen LogP contribution is 2.27. The molecular weight excluding hydrogens is 268 g/mol. The number of carboxylic acid groups (broad SMARTS) is 1. The molecule has 0 aliphatic rings. The molecule has 2 nitrogen and oxygen atoms in total. The van der Waals surface area contributed by atoms with E-state index in [9.17, 15) is 4.79 Å². The van der Waals surface area contributed by atoms with E-state index in [0.29, 0.717) is 0 Å². The second-order valence-corrected chi connectivity index (χ2v) is 5.78. The third-order valence-corrected chi connectivity index (χ3v) is 3.16. The third kappa shape index (κ3) is 4.79. The van der Waals surface area contributed by atoms with Gasteiger partial charge in [-0.2, -0.15) is 0 Å². The molecule has 0 aromatic heterocycles. The second kappa shape index (κ2) is 5.48. The largest absolute Gasteiger partial charge is 0.481 e. The van der Waals surface area contributed by atoms with Gasteiger partial charge in [0.2, 0.25) is 0 Å². The molecule has 0 fully saturated rings. The first kappa shape index (κ1) is 13.2. The summed E-state index contributed by atoms with van der Waals surface area (Å²) in [7, 11) is 0. The van der Waals surface area contributed by atoms with Crippen LogP contribution in [0.5, 0.6) is 0 Å². The van der Waals surface area contributed by atoms with E-state index in [0.717, 1.165) is 17.3 Å². The van der Waals surface area contributed by atoms with Crippen LogP contribution in [-0.2, 0) is 11.2 Å². The number of aliphatic carboxylic acids is 1. The maximum Gasteiger partial charge on any atom is 0.303 e. The van der Waals surface area contributed by atoms with Crippen molar-refractivity contribution >= 4 is 21.9 Å². The Morgan fingerprint density at radius 3 is 2.38 bits per heavy atom. The van der Waals surface area contributed by atoms with Crippen molar-refractivity contribution in [3.05, 3.63) is 34.3 Å². The summed E-state index contributed by atoms with van der Waals surface area (Å²) in [6.07, 6.45) is 2.04. The lowest BCUT2D eigenvalue weighted by atomic mass is 9.83. The van der Waals surface area contributed by atoms with Crippen molar-refractivity contribution in [2.24, 2.45) is 5.41 Å². The molecule has 3 heteroatoms. The highest BCUT2D eigenvalue weighted by molar-refractivity contribution is 9.10. The van der Waals surface area contributed by atoms with Crippen LogP contribution in [0, 0.1) is 5.41 Å². The first-order chi connectivity index (χ1) is 7.39. The molecule has 1 aromatic carbocycles. The molecule has 0 saturated carbocycles. The van der Waals surface area contributed by atoms with Gasteiger partial charge in [0.25, 0.3) is 0 Å². The van der Waals surface area contributed by atoms with Crippen LogP contribution in [0.1, 0.15) is 32.3 Å². The molecule has 0 saturated heterocycles. The van der Waals surface area contributed by atoms with E-state index in [2.05, 4.69) is 28.1 Å². The van der Waals surface area contributed by atoms with Crippen LogP contribution in [0.3, 0.4) is 0 Å². The van der Waals surface area contributed by atoms with Gasteiger partial charge in [0, 0.05) is 4.47 Å². The maximum absolute atomic E-state index is 10.7. The van der Waals surface area contributed by atoms with Crippen molar-refractivity contribution in [2.45, 2.75) is 33.1 Å². The molecule has 16 heavy (non-hydrogen) atoms. The average molecular weight is 285 g/mol. The zero-order valence-electron chi connectivity index (χ0n) is 9.66. The van der Waals surface area contributed by atoms with Crippen LogP contribution >= 0.6 is 15.9 Å². The standard InChI is InChI=1S/C13H17BrO2/c1-13(2,9-12(15)16)8-7-10-3-5-11(14)6-4-10/h3-6H,7-9H2,1-2H3,(H,15,16). The van der Waals surface area contributed by atoms with Crippen molar-refractivity contribution in [1.29, 1.82) is 0 Å². The number of halogens is 1. The van der Waals surface area contributed by atoms with Crippen molar-refractivity contribution in [3.63, 3.8) is 0 Å². The lowest BCUT2D eigenvalue weighted by Crippen LogP contribution is -2.17. The number of rotatable bonds is 5. The Morgan fingerprint density at radius 1 is 1.31 bits per heavy atom. The van der Waals surface area contributed by atoms with Crippen LogP contribution in [0.25, 0.3) is 0 Å². The number of carbonyl (C=O) groups is 1. The Bertz CT molecular complexity index is 355. The Morgan fingerprint density at radius 2 is 1.88 bits per heavy atom. The topological polar surface area (TPSA) is 37.3 Å². The molecular formula is C13H17BrO2. The molecule has 0 bridgehead atoms. The van der Waals surface area contributed by atoms with Gasteiger partial charge in [-0.25, -0.2) is 0 Å². The van der Waals surface area contributed by atoms with E-state index >= 15 is 0 Å².